The zero-order valence-electron chi connectivity index (χ0n) is 12.6. The van der Waals surface area contributed by atoms with Crippen LogP contribution in [0.4, 0.5) is 0 Å². The summed E-state index contributed by atoms with van der Waals surface area (Å²) in [5.41, 5.74) is 2.26. The van der Waals surface area contributed by atoms with Gasteiger partial charge in [0.05, 0.1) is 17.0 Å². The molecule has 7 heteroatoms. The molecule has 2 fully saturated rings. The molecule has 0 aromatic heterocycles. The SMILES string of the molecule is O=C(O)C1C[C@@H]2OCC[C@@H]2N1S(=O)(=O)c1ccc2c(c1)CCC2. The van der Waals surface area contributed by atoms with Crippen LogP contribution in [0.3, 0.4) is 0 Å². The number of aliphatic carboxylic acids is 1. The van der Waals surface area contributed by atoms with Crippen molar-refractivity contribution in [3.05, 3.63) is 29.3 Å². The largest absolute Gasteiger partial charge is 0.480 e. The fourth-order valence-electron chi connectivity index (χ4n) is 4.09. The lowest BCUT2D eigenvalue weighted by Crippen LogP contribution is -2.45. The number of ether oxygens (including phenoxy) is 1. The van der Waals surface area contributed by atoms with Crippen LogP contribution in [0.25, 0.3) is 0 Å². The van der Waals surface area contributed by atoms with Gasteiger partial charge in [-0.05, 0) is 48.9 Å². The Morgan fingerprint density at radius 1 is 1.26 bits per heavy atom. The molecule has 2 aliphatic heterocycles. The Hall–Kier alpha value is -1.44. The van der Waals surface area contributed by atoms with Crippen molar-refractivity contribution in [3.63, 3.8) is 0 Å². The Bertz CT molecular complexity index is 760. The lowest BCUT2D eigenvalue weighted by molar-refractivity contribution is -0.141. The van der Waals surface area contributed by atoms with Gasteiger partial charge in [-0.25, -0.2) is 8.42 Å². The number of benzene rings is 1. The second kappa shape index (κ2) is 5.29. The number of aryl methyl sites for hydroxylation is 2. The number of fused-ring (bicyclic) bond motifs is 2. The van der Waals surface area contributed by atoms with E-state index in [2.05, 4.69) is 0 Å². The van der Waals surface area contributed by atoms with Crippen molar-refractivity contribution in [2.45, 2.75) is 55.2 Å². The summed E-state index contributed by atoms with van der Waals surface area (Å²) in [5.74, 6) is -1.10. The molecule has 124 valence electrons. The molecule has 3 aliphatic rings. The fraction of sp³-hybridized carbons (Fsp3) is 0.562. The molecular formula is C16H19NO5S. The molecule has 6 nitrogen and oxygen atoms in total. The first-order chi connectivity index (χ1) is 11.0. The van der Waals surface area contributed by atoms with Crippen LogP contribution in [0.2, 0.25) is 0 Å². The topological polar surface area (TPSA) is 83.9 Å². The maximum absolute atomic E-state index is 13.1. The van der Waals surface area contributed by atoms with E-state index in [0.717, 1.165) is 24.8 Å². The van der Waals surface area contributed by atoms with Crippen molar-refractivity contribution in [2.75, 3.05) is 6.61 Å². The molecule has 0 bridgehead atoms. The molecule has 23 heavy (non-hydrogen) atoms. The third kappa shape index (κ3) is 2.29. The van der Waals surface area contributed by atoms with Gasteiger partial charge in [0, 0.05) is 13.0 Å². The van der Waals surface area contributed by atoms with Crippen LogP contribution in [-0.2, 0) is 32.4 Å². The van der Waals surface area contributed by atoms with E-state index < -0.39 is 22.0 Å². The van der Waals surface area contributed by atoms with Crippen LogP contribution in [0.5, 0.6) is 0 Å². The highest BCUT2D eigenvalue weighted by molar-refractivity contribution is 7.89. The van der Waals surface area contributed by atoms with Crippen LogP contribution in [0.1, 0.15) is 30.4 Å². The highest BCUT2D eigenvalue weighted by atomic mass is 32.2. The van der Waals surface area contributed by atoms with Crippen LogP contribution in [0.15, 0.2) is 23.1 Å². The Morgan fingerprint density at radius 3 is 2.83 bits per heavy atom. The minimum absolute atomic E-state index is 0.206. The molecule has 0 amide bonds. The predicted molar refractivity (Wildman–Crippen MR) is 81.7 cm³/mol. The van der Waals surface area contributed by atoms with Crippen LogP contribution in [0, 0.1) is 0 Å². The number of hydrogen-bond acceptors (Lipinski definition) is 4. The quantitative estimate of drug-likeness (QED) is 0.895. The van der Waals surface area contributed by atoms with E-state index in [1.807, 2.05) is 6.07 Å². The van der Waals surface area contributed by atoms with E-state index >= 15 is 0 Å². The van der Waals surface area contributed by atoms with Crippen molar-refractivity contribution in [1.29, 1.82) is 0 Å². The number of carboxylic acids is 1. The van der Waals surface area contributed by atoms with Gasteiger partial charge in [0.25, 0.3) is 0 Å². The zero-order chi connectivity index (χ0) is 16.2. The smallest absolute Gasteiger partial charge is 0.322 e. The number of rotatable bonds is 3. The van der Waals surface area contributed by atoms with E-state index in [9.17, 15) is 18.3 Å². The Labute approximate surface area is 135 Å². The minimum Gasteiger partial charge on any atom is -0.480 e. The number of sulfonamides is 1. The molecule has 0 spiro atoms. The van der Waals surface area contributed by atoms with Gasteiger partial charge in [0.2, 0.25) is 10.0 Å². The first-order valence-corrected chi connectivity index (χ1v) is 9.42. The Kier molecular flexibility index (Phi) is 3.48. The van der Waals surface area contributed by atoms with E-state index in [-0.39, 0.29) is 23.5 Å². The molecule has 2 saturated heterocycles. The summed E-state index contributed by atoms with van der Waals surface area (Å²) in [4.78, 5) is 11.8. The van der Waals surface area contributed by atoms with Crippen LogP contribution >= 0.6 is 0 Å². The molecule has 0 saturated carbocycles. The molecule has 2 heterocycles. The number of hydrogen-bond donors (Lipinski definition) is 1. The molecule has 1 aromatic rings. The summed E-state index contributed by atoms with van der Waals surface area (Å²) in [7, 11) is -3.84. The third-order valence-electron chi connectivity index (χ3n) is 5.19. The second-order valence-electron chi connectivity index (χ2n) is 6.47. The summed E-state index contributed by atoms with van der Waals surface area (Å²) in [5, 5.41) is 9.44. The van der Waals surface area contributed by atoms with Gasteiger partial charge in [-0.3, -0.25) is 4.79 Å². The van der Waals surface area contributed by atoms with Crippen LogP contribution in [-0.4, -0.2) is 48.6 Å². The maximum atomic E-state index is 13.1. The average Bonchev–Trinajstić information content (AvgIpc) is 3.20. The molecule has 4 rings (SSSR count). The van der Waals surface area contributed by atoms with Gasteiger partial charge < -0.3 is 9.84 Å². The zero-order valence-corrected chi connectivity index (χ0v) is 13.5. The highest BCUT2D eigenvalue weighted by Crippen LogP contribution is 2.38. The molecule has 1 unspecified atom stereocenters. The van der Waals surface area contributed by atoms with Gasteiger partial charge in [-0.1, -0.05) is 6.07 Å². The van der Waals surface area contributed by atoms with Crippen LogP contribution < -0.4 is 0 Å². The summed E-state index contributed by atoms with van der Waals surface area (Å²) in [6.07, 6.45) is 3.38. The first kappa shape index (κ1) is 15.1. The molecule has 1 N–H and O–H groups in total. The molecule has 0 radical (unpaired) electrons. The Morgan fingerprint density at radius 2 is 2.04 bits per heavy atom. The molecule has 3 atom stereocenters. The minimum atomic E-state index is -3.84. The fourth-order valence-corrected chi connectivity index (χ4v) is 5.98. The summed E-state index contributed by atoms with van der Waals surface area (Å²) in [6, 6.07) is 3.79. The average molecular weight is 337 g/mol. The normalized spacial score (nSPS) is 30.3. The lowest BCUT2D eigenvalue weighted by Gasteiger charge is -2.26. The number of carboxylic acid groups (broad SMARTS) is 1. The third-order valence-corrected chi connectivity index (χ3v) is 7.12. The molecule has 1 aromatic carbocycles. The van der Waals surface area contributed by atoms with Gasteiger partial charge in [0.15, 0.2) is 0 Å². The maximum Gasteiger partial charge on any atom is 0.322 e. The van der Waals surface area contributed by atoms with Crippen molar-refractivity contribution in [3.8, 4) is 0 Å². The van der Waals surface area contributed by atoms with E-state index in [0.29, 0.717) is 13.0 Å². The van der Waals surface area contributed by atoms with E-state index in [4.69, 9.17) is 4.74 Å². The highest BCUT2D eigenvalue weighted by Gasteiger charge is 2.53. The standard InChI is InChI=1S/C16H19NO5S/c18-16(19)14-9-15-13(6-7-22-15)17(14)23(20,21)12-5-4-10-2-1-3-11(10)8-12/h4-5,8,13-15H,1-3,6-7,9H2,(H,18,19)/t13-,14?,15-/m0/s1. The van der Waals surface area contributed by atoms with E-state index in [1.165, 1.54) is 9.87 Å². The van der Waals surface area contributed by atoms with Crippen molar-refractivity contribution >= 4 is 16.0 Å². The summed E-state index contributed by atoms with van der Waals surface area (Å²) in [6.45, 7) is 0.484. The Balaban J connectivity index is 1.75. The first-order valence-electron chi connectivity index (χ1n) is 7.98. The molecular weight excluding hydrogens is 318 g/mol. The van der Waals surface area contributed by atoms with Gasteiger partial charge in [-0.15, -0.1) is 0 Å². The summed E-state index contributed by atoms with van der Waals surface area (Å²) < 4.78 is 32.9. The van der Waals surface area contributed by atoms with Crippen molar-refractivity contribution in [1.82, 2.24) is 4.31 Å². The number of carbonyl (C=O) groups is 1. The molecule has 1 aliphatic carbocycles. The summed E-state index contributed by atoms with van der Waals surface area (Å²) >= 11 is 0. The van der Waals surface area contributed by atoms with Crippen molar-refractivity contribution < 1.29 is 23.1 Å². The monoisotopic (exact) mass is 337 g/mol. The van der Waals surface area contributed by atoms with Crippen molar-refractivity contribution in [2.24, 2.45) is 0 Å². The van der Waals surface area contributed by atoms with E-state index in [1.54, 1.807) is 12.1 Å². The number of nitrogens with zero attached hydrogens (tertiary/aromatic N) is 1. The van der Waals surface area contributed by atoms with Gasteiger partial charge >= 0.3 is 5.97 Å². The van der Waals surface area contributed by atoms with Gasteiger partial charge in [0.1, 0.15) is 6.04 Å². The van der Waals surface area contributed by atoms with Gasteiger partial charge in [-0.2, -0.15) is 4.31 Å². The lowest BCUT2D eigenvalue weighted by atomic mass is 10.1. The predicted octanol–water partition coefficient (Wildman–Crippen LogP) is 1.18. The second-order valence-corrected chi connectivity index (χ2v) is 8.32.